The summed E-state index contributed by atoms with van der Waals surface area (Å²) >= 11 is 1.57. The number of hydrogen-bond donors (Lipinski definition) is 2. The fourth-order valence-electron chi connectivity index (χ4n) is 9.00. The van der Waals surface area contributed by atoms with Gasteiger partial charge in [-0.3, -0.25) is 0 Å². The van der Waals surface area contributed by atoms with Crippen LogP contribution in [0, 0.1) is 13.8 Å². The van der Waals surface area contributed by atoms with Crippen LogP contribution in [-0.2, 0) is 0 Å². The molecule has 59 heavy (non-hydrogen) atoms. The zero-order valence-corrected chi connectivity index (χ0v) is 33.2. The Labute approximate surface area is 345 Å². The zero-order chi connectivity index (χ0) is 39.8. The molecular formula is C53H37N3O2S. The highest BCUT2D eigenvalue weighted by atomic mass is 32.1. The summed E-state index contributed by atoms with van der Waals surface area (Å²) in [5, 5.41) is 32.0. The second kappa shape index (κ2) is 13.6. The van der Waals surface area contributed by atoms with Crippen molar-refractivity contribution in [3.05, 3.63) is 186 Å². The van der Waals surface area contributed by atoms with Crippen LogP contribution in [0.3, 0.4) is 0 Å². The molecule has 6 heteroatoms. The summed E-state index contributed by atoms with van der Waals surface area (Å²) in [6.07, 6.45) is 0. The number of aromatic nitrogens is 3. The average Bonchev–Trinajstić information content (AvgIpc) is 3.99. The van der Waals surface area contributed by atoms with E-state index in [4.69, 9.17) is 4.98 Å². The Morgan fingerprint density at radius 1 is 0.407 bits per heavy atom. The van der Waals surface area contributed by atoms with Crippen molar-refractivity contribution in [2.24, 2.45) is 0 Å². The average molecular weight is 780 g/mol. The normalized spacial score (nSPS) is 11.7. The molecule has 2 N–H and O–H groups in total. The van der Waals surface area contributed by atoms with Crippen molar-refractivity contribution < 1.29 is 10.2 Å². The van der Waals surface area contributed by atoms with Gasteiger partial charge in [0.1, 0.15) is 16.5 Å². The summed E-state index contributed by atoms with van der Waals surface area (Å²) in [6, 6.07) is 58.0. The topological polar surface area (TPSA) is 63.2 Å². The molecule has 0 amide bonds. The van der Waals surface area contributed by atoms with Crippen LogP contribution in [0.1, 0.15) is 11.1 Å². The molecule has 0 aliphatic heterocycles. The lowest BCUT2D eigenvalue weighted by atomic mass is 9.95. The SMILES string of the molecule is Cc1cc(-c2ccccc2-c2csc(-c3ccccc3-c3cc(C)cc(-n4c5ccccc5c5ccccc54)c3O)n2)c(O)c(-n2c3ccccc3c3ccccc32)c1. The van der Waals surface area contributed by atoms with Gasteiger partial charge in [0.05, 0.1) is 39.1 Å². The Bertz CT molecular complexity index is 3130. The van der Waals surface area contributed by atoms with Crippen molar-refractivity contribution in [2.75, 3.05) is 0 Å². The van der Waals surface area contributed by atoms with Gasteiger partial charge in [-0.25, -0.2) is 4.98 Å². The van der Waals surface area contributed by atoms with E-state index in [0.717, 1.165) is 110 Å². The number of phenols is 2. The standard InChI is InChI=1S/C53H37N3O2S/c1-32-27-42(51(57)49(29-32)55-45-23-11-7-18-37(45)38-19-8-12-24-46(38)55)34-15-3-5-17-36(34)44-31-59-53(54-44)41-22-6-4-16-35(41)43-28-33(2)30-50(52(43)58)56-47-25-13-9-20-39(47)40-21-10-14-26-48(40)56/h3-31,57-58H,1-2H3. The molecule has 0 aliphatic carbocycles. The Morgan fingerprint density at radius 3 is 1.20 bits per heavy atom. The van der Waals surface area contributed by atoms with Gasteiger partial charge in [-0.1, -0.05) is 121 Å². The molecule has 282 valence electrons. The third-order valence-electron chi connectivity index (χ3n) is 11.6. The Hall–Kier alpha value is -7.41. The van der Waals surface area contributed by atoms with Crippen LogP contribution in [0.15, 0.2) is 175 Å². The highest BCUT2D eigenvalue weighted by molar-refractivity contribution is 7.13. The molecule has 0 spiro atoms. The number of benzene rings is 8. The van der Waals surface area contributed by atoms with Gasteiger partial charge >= 0.3 is 0 Å². The van der Waals surface area contributed by atoms with E-state index in [1.807, 2.05) is 48.5 Å². The number of phenolic OH excluding ortho intramolecular Hbond substituents is 2. The van der Waals surface area contributed by atoms with Crippen LogP contribution >= 0.6 is 11.3 Å². The van der Waals surface area contributed by atoms with Gasteiger partial charge in [0.15, 0.2) is 0 Å². The van der Waals surface area contributed by atoms with Gasteiger partial charge in [0, 0.05) is 49.2 Å². The zero-order valence-electron chi connectivity index (χ0n) is 32.4. The lowest BCUT2D eigenvalue weighted by Gasteiger charge is -2.17. The fraction of sp³-hybridized carbons (Fsp3) is 0.0377. The molecular weight excluding hydrogens is 743 g/mol. The molecule has 5 nitrogen and oxygen atoms in total. The molecule has 0 radical (unpaired) electrons. The van der Waals surface area contributed by atoms with E-state index in [-0.39, 0.29) is 11.5 Å². The maximum Gasteiger partial charge on any atom is 0.147 e. The number of aryl methyl sites for hydroxylation is 2. The van der Waals surface area contributed by atoms with Crippen molar-refractivity contribution in [2.45, 2.75) is 13.8 Å². The van der Waals surface area contributed by atoms with Gasteiger partial charge in [-0.2, -0.15) is 0 Å². The summed E-state index contributed by atoms with van der Waals surface area (Å²) < 4.78 is 4.34. The van der Waals surface area contributed by atoms with Crippen molar-refractivity contribution in [3.8, 4) is 67.0 Å². The molecule has 0 saturated carbocycles. The Balaban J connectivity index is 1.03. The maximum absolute atomic E-state index is 12.3. The molecule has 0 unspecified atom stereocenters. The molecule has 0 atom stereocenters. The van der Waals surface area contributed by atoms with Crippen LogP contribution in [0.5, 0.6) is 11.5 Å². The third kappa shape index (κ3) is 5.48. The van der Waals surface area contributed by atoms with Crippen LogP contribution in [0.2, 0.25) is 0 Å². The lowest BCUT2D eigenvalue weighted by Crippen LogP contribution is -1.98. The largest absolute Gasteiger partial charge is 0.505 e. The van der Waals surface area contributed by atoms with E-state index in [2.05, 4.69) is 150 Å². The maximum atomic E-state index is 12.3. The van der Waals surface area contributed by atoms with Crippen LogP contribution < -0.4 is 0 Å². The molecule has 8 aromatic carbocycles. The van der Waals surface area contributed by atoms with Crippen LogP contribution in [0.4, 0.5) is 0 Å². The van der Waals surface area contributed by atoms with E-state index < -0.39 is 0 Å². The first-order chi connectivity index (χ1) is 28.9. The summed E-state index contributed by atoms with van der Waals surface area (Å²) in [6.45, 7) is 4.16. The second-order valence-electron chi connectivity index (χ2n) is 15.2. The highest BCUT2D eigenvalue weighted by Crippen LogP contribution is 2.46. The smallest absolute Gasteiger partial charge is 0.147 e. The minimum atomic E-state index is 0.212. The quantitative estimate of drug-likeness (QED) is 0.177. The molecule has 0 aliphatic rings. The minimum absolute atomic E-state index is 0.212. The van der Waals surface area contributed by atoms with Gasteiger partial charge < -0.3 is 19.3 Å². The number of hydrogen-bond acceptors (Lipinski definition) is 4. The van der Waals surface area contributed by atoms with Gasteiger partial charge in [0.2, 0.25) is 0 Å². The molecule has 0 saturated heterocycles. The van der Waals surface area contributed by atoms with E-state index >= 15 is 0 Å². The number of fused-ring (bicyclic) bond motifs is 6. The van der Waals surface area contributed by atoms with Crippen molar-refractivity contribution in [1.29, 1.82) is 0 Å². The molecule has 3 heterocycles. The van der Waals surface area contributed by atoms with Crippen molar-refractivity contribution >= 4 is 54.9 Å². The number of para-hydroxylation sites is 4. The van der Waals surface area contributed by atoms with Gasteiger partial charge in [-0.15, -0.1) is 11.3 Å². The van der Waals surface area contributed by atoms with Crippen molar-refractivity contribution in [3.63, 3.8) is 0 Å². The van der Waals surface area contributed by atoms with E-state index in [1.54, 1.807) is 11.3 Å². The first kappa shape index (κ1) is 34.8. The summed E-state index contributed by atoms with van der Waals surface area (Å²) in [7, 11) is 0. The highest BCUT2D eigenvalue weighted by Gasteiger charge is 2.23. The molecule has 0 bridgehead atoms. The second-order valence-corrected chi connectivity index (χ2v) is 16.1. The monoisotopic (exact) mass is 779 g/mol. The van der Waals surface area contributed by atoms with E-state index in [0.29, 0.717) is 0 Å². The van der Waals surface area contributed by atoms with Crippen molar-refractivity contribution in [1.82, 2.24) is 14.1 Å². The first-order valence-corrected chi connectivity index (χ1v) is 20.6. The molecule has 11 aromatic rings. The first-order valence-electron chi connectivity index (χ1n) is 19.7. The summed E-state index contributed by atoms with van der Waals surface area (Å²) in [5.74, 6) is 0.426. The Kier molecular flexibility index (Phi) is 8.03. The predicted octanol–water partition coefficient (Wildman–Crippen LogP) is 14.0. The molecule has 11 rings (SSSR count). The number of thiazole rings is 1. The van der Waals surface area contributed by atoms with E-state index in [9.17, 15) is 10.2 Å². The summed E-state index contributed by atoms with van der Waals surface area (Å²) in [5.41, 5.74) is 13.7. The number of nitrogens with zero attached hydrogens (tertiary/aromatic N) is 3. The third-order valence-corrected chi connectivity index (χ3v) is 12.4. The van der Waals surface area contributed by atoms with Gasteiger partial charge in [0.25, 0.3) is 0 Å². The minimum Gasteiger partial charge on any atom is -0.505 e. The van der Waals surface area contributed by atoms with Crippen LogP contribution in [0.25, 0.3) is 99.1 Å². The molecule has 0 fully saturated rings. The lowest BCUT2D eigenvalue weighted by molar-refractivity contribution is 0.474. The fourth-order valence-corrected chi connectivity index (χ4v) is 9.86. The van der Waals surface area contributed by atoms with Gasteiger partial charge in [-0.05, 0) is 84.6 Å². The summed E-state index contributed by atoms with van der Waals surface area (Å²) in [4.78, 5) is 5.28. The van der Waals surface area contributed by atoms with E-state index in [1.165, 1.54) is 0 Å². The number of rotatable bonds is 6. The Morgan fingerprint density at radius 2 is 0.763 bits per heavy atom. The number of aromatic hydroxyl groups is 2. The molecule has 3 aromatic heterocycles. The van der Waals surface area contributed by atoms with Crippen LogP contribution in [-0.4, -0.2) is 24.3 Å². The predicted molar refractivity (Wildman–Crippen MR) is 245 cm³/mol.